The van der Waals surface area contributed by atoms with E-state index in [4.69, 9.17) is 10.2 Å². The molecule has 0 spiro atoms. The first-order chi connectivity index (χ1) is 5.24. The number of aromatic nitrogens is 1. The summed E-state index contributed by atoms with van der Waals surface area (Å²) in [6.07, 6.45) is 0.695. The molecule has 0 radical (unpaired) electrons. The lowest BCUT2D eigenvalue weighted by atomic mass is 10.2. The highest BCUT2D eigenvalue weighted by molar-refractivity contribution is 9.10. The van der Waals surface area contributed by atoms with E-state index >= 15 is 0 Å². The molecule has 1 atom stereocenters. The third-order valence-electron chi connectivity index (χ3n) is 1.31. The van der Waals surface area contributed by atoms with Crippen molar-refractivity contribution in [2.45, 2.75) is 6.10 Å². The summed E-state index contributed by atoms with van der Waals surface area (Å²) in [4.78, 5) is 3.89. The normalized spacial score (nSPS) is 13.0. The molecule has 1 rings (SSSR count). The first-order valence-electron chi connectivity index (χ1n) is 3.14. The maximum Gasteiger partial charge on any atom is 0.106 e. The van der Waals surface area contributed by atoms with Crippen LogP contribution in [0.2, 0.25) is 0 Å². The molecule has 1 aromatic heterocycles. The van der Waals surface area contributed by atoms with Crippen LogP contribution < -0.4 is 0 Å². The van der Waals surface area contributed by atoms with Gasteiger partial charge in [0.05, 0.1) is 6.61 Å². The molecule has 0 aliphatic rings. The summed E-state index contributed by atoms with van der Waals surface area (Å²) in [6.45, 7) is -0.274. The highest BCUT2D eigenvalue weighted by Gasteiger charge is 2.04. The molecule has 60 valence electrons. The lowest BCUT2D eigenvalue weighted by molar-refractivity contribution is 0.0953. The number of halogens is 1. The second kappa shape index (κ2) is 3.80. The zero-order valence-electron chi connectivity index (χ0n) is 5.74. The van der Waals surface area contributed by atoms with Crippen LogP contribution in [0.1, 0.15) is 11.7 Å². The summed E-state index contributed by atoms with van der Waals surface area (Å²) in [5.41, 5.74) is 0.621. The van der Waals surface area contributed by atoms with Crippen LogP contribution in [0.3, 0.4) is 0 Å². The van der Waals surface area contributed by atoms with Crippen molar-refractivity contribution in [3.63, 3.8) is 0 Å². The molecule has 4 heteroatoms. The topological polar surface area (TPSA) is 53.4 Å². The van der Waals surface area contributed by atoms with Crippen molar-refractivity contribution in [2.24, 2.45) is 0 Å². The SMILES string of the molecule is OC[C@@H](O)c1ccc(Br)nc1. The molecule has 0 aromatic carbocycles. The van der Waals surface area contributed by atoms with Gasteiger partial charge in [0.25, 0.3) is 0 Å². The number of aliphatic hydroxyl groups is 2. The number of pyridine rings is 1. The average molecular weight is 218 g/mol. The van der Waals surface area contributed by atoms with E-state index in [1.165, 1.54) is 6.20 Å². The molecule has 0 aliphatic heterocycles. The highest BCUT2D eigenvalue weighted by Crippen LogP contribution is 2.12. The van der Waals surface area contributed by atoms with Gasteiger partial charge in [-0.1, -0.05) is 6.07 Å². The Hall–Kier alpha value is -0.450. The molecule has 1 aromatic rings. The minimum absolute atomic E-state index is 0.274. The highest BCUT2D eigenvalue weighted by atomic mass is 79.9. The fourth-order valence-corrected chi connectivity index (χ4v) is 0.924. The second-order valence-electron chi connectivity index (χ2n) is 2.11. The predicted molar refractivity (Wildman–Crippen MR) is 44.0 cm³/mol. The Morgan fingerprint density at radius 2 is 2.27 bits per heavy atom. The van der Waals surface area contributed by atoms with Gasteiger partial charge in [0.15, 0.2) is 0 Å². The second-order valence-corrected chi connectivity index (χ2v) is 2.93. The van der Waals surface area contributed by atoms with Crippen LogP contribution in [-0.4, -0.2) is 21.8 Å². The third kappa shape index (κ3) is 2.25. The zero-order chi connectivity index (χ0) is 8.27. The van der Waals surface area contributed by atoms with Gasteiger partial charge in [0, 0.05) is 11.8 Å². The molecule has 0 saturated heterocycles. The predicted octanol–water partition coefficient (Wildman–Crippen LogP) is 0.870. The maximum absolute atomic E-state index is 9.11. The average Bonchev–Trinajstić information content (AvgIpc) is 2.05. The van der Waals surface area contributed by atoms with Gasteiger partial charge in [-0.15, -0.1) is 0 Å². The maximum atomic E-state index is 9.11. The smallest absolute Gasteiger partial charge is 0.106 e. The summed E-state index contributed by atoms with van der Waals surface area (Å²) < 4.78 is 0.714. The monoisotopic (exact) mass is 217 g/mol. The summed E-state index contributed by atoms with van der Waals surface area (Å²) in [5.74, 6) is 0. The number of rotatable bonds is 2. The van der Waals surface area contributed by atoms with E-state index in [1.54, 1.807) is 12.1 Å². The molecule has 3 nitrogen and oxygen atoms in total. The number of aliphatic hydroxyl groups excluding tert-OH is 2. The molecule has 0 aliphatic carbocycles. The molecule has 0 amide bonds. The summed E-state index contributed by atoms with van der Waals surface area (Å²) >= 11 is 3.16. The third-order valence-corrected chi connectivity index (χ3v) is 1.78. The Morgan fingerprint density at radius 1 is 1.55 bits per heavy atom. The van der Waals surface area contributed by atoms with Crippen molar-refractivity contribution >= 4 is 15.9 Å². The standard InChI is InChI=1S/C7H8BrNO2/c8-7-2-1-5(3-9-7)6(11)4-10/h1-3,6,10-11H,4H2/t6-/m1/s1. The van der Waals surface area contributed by atoms with Crippen LogP contribution in [0.5, 0.6) is 0 Å². The van der Waals surface area contributed by atoms with Crippen molar-refractivity contribution in [2.75, 3.05) is 6.61 Å². The number of nitrogens with zero attached hydrogens (tertiary/aromatic N) is 1. The Bertz CT molecular complexity index is 224. The summed E-state index contributed by atoms with van der Waals surface area (Å²) in [7, 11) is 0. The van der Waals surface area contributed by atoms with Gasteiger partial charge < -0.3 is 10.2 Å². The van der Waals surface area contributed by atoms with Crippen molar-refractivity contribution in [1.82, 2.24) is 4.98 Å². The molecular weight excluding hydrogens is 210 g/mol. The Morgan fingerprint density at radius 3 is 2.73 bits per heavy atom. The van der Waals surface area contributed by atoms with Gasteiger partial charge in [-0.25, -0.2) is 4.98 Å². The van der Waals surface area contributed by atoms with E-state index in [0.29, 0.717) is 10.2 Å². The fraction of sp³-hybridized carbons (Fsp3) is 0.286. The Balaban J connectivity index is 2.81. The molecule has 2 N–H and O–H groups in total. The molecule has 11 heavy (non-hydrogen) atoms. The number of hydrogen-bond acceptors (Lipinski definition) is 3. The van der Waals surface area contributed by atoms with Crippen LogP contribution in [-0.2, 0) is 0 Å². The van der Waals surface area contributed by atoms with Gasteiger partial charge in [0.1, 0.15) is 10.7 Å². The van der Waals surface area contributed by atoms with Crippen molar-refractivity contribution < 1.29 is 10.2 Å². The number of hydrogen-bond donors (Lipinski definition) is 2. The van der Waals surface area contributed by atoms with Gasteiger partial charge in [-0.2, -0.15) is 0 Å². The molecule has 0 fully saturated rings. The summed E-state index contributed by atoms with van der Waals surface area (Å²) in [5, 5.41) is 17.7. The van der Waals surface area contributed by atoms with E-state index in [0.717, 1.165) is 0 Å². The van der Waals surface area contributed by atoms with Crippen molar-refractivity contribution in [3.05, 3.63) is 28.5 Å². The van der Waals surface area contributed by atoms with E-state index < -0.39 is 6.10 Å². The lowest BCUT2D eigenvalue weighted by Crippen LogP contribution is -2.02. The van der Waals surface area contributed by atoms with Gasteiger partial charge >= 0.3 is 0 Å². The fourth-order valence-electron chi connectivity index (χ4n) is 0.690. The quantitative estimate of drug-likeness (QED) is 0.724. The Labute approximate surface area is 72.8 Å². The van der Waals surface area contributed by atoms with Crippen LogP contribution >= 0.6 is 15.9 Å². The van der Waals surface area contributed by atoms with Crippen LogP contribution in [0, 0.1) is 0 Å². The van der Waals surface area contributed by atoms with Gasteiger partial charge in [-0.05, 0) is 22.0 Å². The van der Waals surface area contributed by atoms with E-state index in [9.17, 15) is 0 Å². The van der Waals surface area contributed by atoms with Crippen molar-refractivity contribution in [1.29, 1.82) is 0 Å². The van der Waals surface area contributed by atoms with E-state index in [1.807, 2.05) is 0 Å². The lowest BCUT2D eigenvalue weighted by Gasteiger charge is -2.05. The Kier molecular flexibility index (Phi) is 2.99. The van der Waals surface area contributed by atoms with Crippen LogP contribution in [0.25, 0.3) is 0 Å². The molecule has 0 saturated carbocycles. The molecule has 0 unspecified atom stereocenters. The molecule has 1 heterocycles. The zero-order valence-corrected chi connectivity index (χ0v) is 7.32. The molecule has 0 bridgehead atoms. The largest absolute Gasteiger partial charge is 0.393 e. The van der Waals surface area contributed by atoms with Crippen LogP contribution in [0.15, 0.2) is 22.9 Å². The van der Waals surface area contributed by atoms with Gasteiger partial charge in [0.2, 0.25) is 0 Å². The minimum atomic E-state index is -0.824. The van der Waals surface area contributed by atoms with E-state index in [-0.39, 0.29) is 6.61 Å². The van der Waals surface area contributed by atoms with Crippen LogP contribution in [0.4, 0.5) is 0 Å². The first-order valence-corrected chi connectivity index (χ1v) is 3.93. The summed E-state index contributed by atoms with van der Waals surface area (Å²) in [6, 6.07) is 3.42. The van der Waals surface area contributed by atoms with Gasteiger partial charge in [-0.3, -0.25) is 0 Å². The van der Waals surface area contributed by atoms with Crippen molar-refractivity contribution in [3.8, 4) is 0 Å². The minimum Gasteiger partial charge on any atom is -0.393 e. The molecular formula is C7H8BrNO2. The van der Waals surface area contributed by atoms with E-state index in [2.05, 4.69) is 20.9 Å². The first kappa shape index (κ1) is 8.64.